The zero-order valence-corrected chi connectivity index (χ0v) is 17.0. The summed E-state index contributed by atoms with van der Waals surface area (Å²) < 4.78 is 6.33. The van der Waals surface area contributed by atoms with E-state index in [1.807, 2.05) is 12.1 Å². The summed E-state index contributed by atoms with van der Waals surface area (Å²) in [6, 6.07) is 14.3. The lowest BCUT2D eigenvalue weighted by Gasteiger charge is -2.22. The lowest BCUT2D eigenvalue weighted by molar-refractivity contribution is 0.0469. The number of nitrogens with zero attached hydrogens (tertiary/aromatic N) is 2. The Morgan fingerprint density at radius 1 is 1.00 bits per heavy atom. The van der Waals surface area contributed by atoms with E-state index in [2.05, 4.69) is 5.10 Å². The number of benzene rings is 2. The van der Waals surface area contributed by atoms with Crippen LogP contribution in [0.1, 0.15) is 64.4 Å². The molecule has 1 heterocycles. The van der Waals surface area contributed by atoms with Gasteiger partial charge in [-0.1, -0.05) is 61.7 Å². The number of ketones is 1. The third-order valence-corrected chi connectivity index (χ3v) is 5.79. The molecule has 0 atom stereocenters. The molecule has 1 aliphatic carbocycles. The van der Waals surface area contributed by atoms with Crippen molar-refractivity contribution < 1.29 is 14.3 Å². The fourth-order valence-corrected chi connectivity index (χ4v) is 4.11. The Hall–Kier alpha value is -3.28. The van der Waals surface area contributed by atoms with Crippen molar-refractivity contribution in [3.63, 3.8) is 0 Å². The van der Waals surface area contributed by atoms with Crippen LogP contribution in [0.15, 0.2) is 53.3 Å². The summed E-state index contributed by atoms with van der Waals surface area (Å²) in [6.45, 7) is -0.375. The summed E-state index contributed by atoms with van der Waals surface area (Å²) in [4.78, 5) is 37.3. The maximum Gasteiger partial charge on any atom is 0.359 e. The Bertz CT molecular complexity index is 1140. The molecule has 0 bridgehead atoms. The van der Waals surface area contributed by atoms with Crippen molar-refractivity contribution in [1.82, 2.24) is 9.78 Å². The normalized spacial score (nSPS) is 14.6. The maximum absolute atomic E-state index is 12.6. The molecule has 0 unspecified atom stereocenters. The zero-order valence-electron chi connectivity index (χ0n) is 17.0. The number of aromatic nitrogens is 2. The predicted molar refractivity (Wildman–Crippen MR) is 114 cm³/mol. The van der Waals surface area contributed by atoms with Crippen LogP contribution in [0.2, 0.25) is 0 Å². The van der Waals surface area contributed by atoms with Crippen molar-refractivity contribution >= 4 is 22.5 Å². The van der Waals surface area contributed by atoms with Crippen LogP contribution in [0.25, 0.3) is 10.8 Å². The third-order valence-electron chi connectivity index (χ3n) is 5.79. The molecule has 6 nitrogen and oxygen atoms in total. The molecule has 0 saturated heterocycles. The highest BCUT2D eigenvalue weighted by Gasteiger charge is 2.19. The molecule has 0 aliphatic heterocycles. The van der Waals surface area contributed by atoms with Crippen LogP contribution in [0.5, 0.6) is 0 Å². The minimum Gasteiger partial charge on any atom is -0.452 e. The summed E-state index contributed by atoms with van der Waals surface area (Å²) >= 11 is 0. The van der Waals surface area contributed by atoms with E-state index in [0.29, 0.717) is 22.3 Å². The number of rotatable bonds is 5. The maximum atomic E-state index is 12.6. The Balaban J connectivity index is 1.45. The van der Waals surface area contributed by atoms with E-state index in [1.54, 1.807) is 36.4 Å². The van der Waals surface area contributed by atoms with Crippen LogP contribution < -0.4 is 5.56 Å². The van der Waals surface area contributed by atoms with Crippen molar-refractivity contribution in [2.75, 3.05) is 6.61 Å². The summed E-state index contributed by atoms with van der Waals surface area (Å²) in [6.07, 6.45) is 6.22. The van der Waals surface area contributed by atoms with Crippen molar-refractivity contribution in [2.24, 2.45) is 7.05 Å². The fraction of sp³-hybridized carbons (Fsp3) is 0.333. The highest BCUT2D eigenvalue weighted by molar-refractivity contribution is 6.04. The average molecular weight is 404 g/mol. The molecule has 1 aliphatic rings. The molecule has 2 aromatic carbocycles. The van der Waals surface area contributed by atoms with Gasteiger partial charge in [0.1, 0.15) is 0 Å². The van der Waals surface area contributed by atoms with Gasteiger partial charge in [0, 0.05) is 18.0 Å². The first kappa shape index (κ1) is 20.0. The molecule has 0 N–H and O–H groups in total. The van der Waals surface area contributed by atoms with E-state index in [1.165, 1.54) is 44.7 Å². The largest absolute Gasteiger partial charge is 0.452 e. The van der Waals surface area contributed by atoms with Gasteiger partial charge >= 0.3 is 5.97 Å². The topological polar surface area (TPSA) is 78.3 Å². The summed E-state index contributed by atoms with van der Waals surface area (Å²) in [7, 11) is 1.48. The van der Waals surface area contributed by atoms with Crippen LogP contribution in [0.4, 0.5) is 0 Å². The highest BCUT2D eigenvalue weighted by atomic mass is 16.5. The van der Waals surface area contributed by atoms with Crippen LogP contribution in [-0.4, -0.2) is 28.1 Å². The number of hydrogen-bond acceptors (Lipinski definition) is 5. The van der Waals surface area contributed by atoms with E-state index >= 15 is 0 Å². The van der Waals surface area contributed by atoms with Crippen LogP contribution in [0.3, 0.4) is 0 Å². The number of Topliss-reactive ketones (excluding diaryl/α,β-unsaturated/α-hetero) is 1. The van der Waals surface area contributed by atoms with Gasteiger partial charge in [-0.15, -0.1) is 0 Å². The lowest BCUT2D eigenvalue weighted by atomic mass is 9.84. The average Bonchev–Trinajstić information content (AvgIpc) is 2.80. The van der Waals surface area contributed by atoms with Gasteiger partial charge in [0.15, 0.2) is 18.1 Å². The number of aryl methyl sites for hydroxylation is 1. The number of esters is 1. The first-order chi connectivity index (χ1) is 14.5. The SMILES string of the molecule is Cn1nc(C(=O)OCC(=O)c2ccc(C3CCCCC3)cc2)c2ccccc2c1=O. The summed E-state index contributed by atoms with van der Waals surface area (Å²) in [5, 5.41) is 4.83. The van der Waals surface area contributed by atoms with Crippen LogP contribution in [-0.2, 0) is 11.8 Å². The van der Waals surface area contributed by atoms with Crippen LogP contribution >= 0.6 is 0 Å². The van der Waals surface area contributed by atoms with Gasteiger partial charge in [-0.25, -0.2) is 9.48 Å². The molecule has 154 valence electrons. The third kappa shape index (κ3) is 4.03. The molecular formula is C24H24N2O4. The Labute approximate surface area is 174 Å². The Morgan fingerprint density at radius 2 is 1.67 bits per heavy atom. The second-order valence-corrected chi connectivity index (χ2v) is 7.78. The second kappa shape index (κ2) is 8.61. The molecule has 1 aromatic heterocycles. The van der Waals surface area contributed by atoms with Crippen LogP contribution in [0, 0.1) is 0 Å². The minimum atomic E-state index is -0.728. The number of fused-ring (bicyclic) bond motifs is 1. The molecule has 0 amide bonds. The molecule has 6 heteroatoms. The number of hydrogen-bond donors (Lipinski definition) is 0. The second-order valence-electron chi connectivity index (χ2n) is 7.78. The predicted octanol–water partition coefficient (Wildman–Crippen LogP) is 4.02. The molecule has 30 heavy (non-hydrogen) atoms. The number of carbonyl (C=O) groups excluding carboxylic acids is 2. The molecule has 1 fully saturated rings. The van der Waals surface area contributed by atoms with Crippen molar-refractivity contribution in [2.45, 2.75) is 38.0 Å². The molecule has 1 saturated carbocycles. The van der Waals surface area contributed by atoms with E-state index < -0.39 is 5.97 Å². The van der Waals surface area contributed by atoms with E-state index in [-0.39, 0.29) is 23.6 Å². The summed E-state index contributed by atoms with van der Waals surface area (Å²) in [5.74, 6) is -0.425. The van der Waals surface area contributed by atoms with Crippen molar-refractivity contribution in [3.8, 4) is 0 Å². The highest BCUT2D eigenvalue weighted by Crippen LogP contribution is 2.32. The van der Waals surface area contributed by atoms with Gasteiger partial charge in [-0.2, -0.15) is 5.10 Å². The molecule has 0 spiro atoms. The lowest BCUT2D eigenvalue weighted by Crippen LogP contribution is -2.24. The smallest absolute Gasteiger partial charge is 0.359 e. The fourth-order valence-electron chi connectivity index (χ4n) is 4.11. The van der Waals surface area contributed by atoms with Crippen molar-refractivity contribution in [3.05, 3.63) is 75.7 Å². The van der Waals surface area contributed by atoms with E-state index in [9.17, 15) is 14.4 Å². The standard InChI is InChI=1S/C24H24N2O4/c1-26-23(28)20-10-6-5-9-19(20)22(25-26)24(29)30-15-21(27)18-13-11-17(12-14-18)16-7-3-2-4-8-16/h5-6,9-14,16H,2-4,7-8,15H2,1H3. The zero-order chi connectivity index (χ0) is 21.1. The Morgan fingerprint density at radius 3 is 2.37 bits per heavy atom. The van der Waals surface area contributed by atoms with Gasteiger partial charge in [0.05, 0.1) is 5.39 Å². The summed E-state index contributed by atoms with van der Waals surface area (Å²) in [5.41, 5.74) is 1.51. The molecular weight excluding hydrogens is 380 g/mol. The number of carbonyl (C=O) groups is 2. The van der Waals surface area contributed by atoms with Gasteiger partial charge in [-0.05, 0) is 30.4 Å². The van der Waals surface area contributed by atoms with Gasteiger partial charge in [0.25, 0.3) is 5.56 Å². The first-order valence-corrected chi connectivity index (χ1v) is 10.3. The van der Waals surface area contributed by atoms with Gasteiger partial charge in [-0.3, -0.25) is 9.59 Å². The van der Waals surface area contributed by atoms with Gasteiger partial charge in [0.2, 0.25) is 0 Å². The first-order valence-electron chi connectivity index (χ1n) is 10.3. The van der Waals surface area contributed by atoms with E-state index in [0.717, 1.165) is 4.68 Å². The van der Waals surface area contributed by atoms with Crippen molar-refractivity contribution in [1.29, 1.82) is 0 Å². The Kier molecular flexibility index (Phi) is 5.74. The monoisotopic (exact) mass is 404 g/mol. The minimum absolute atomic E-state index is 0.0214. The number of ether oxygens (including phenoxy) is 1. The quantitative estimate of drug-likeness (QED) is 0.474. The van der Waals surface area contributed by atoms with E-state index in [4.69, 9.17) is 4.74 Å². The molecule has 0 radical (unpaired) electrons. The molecule has 3 aromatic rings. The molecule has 4 rings (SSSR count). The van der Waals surface area contributed by atoms with Gasteiger partial charge < -0.3 is 4.74 Å².